The average molecular weight is 258 g/mol. The minimum Gasteiger partial charge on any atom is -0.303 e. The standard InChI is InChI=1S/C17H26N2/c18-11-13-1-3-19(4-2-13)12-17-8-14-5-15(9-17)7-16(6-14)10-17/h13-16H,1-10,12H2. The molecule has 4 saturated carbocycles. The molecule has 4 bridgehead atoms. The lowest BCUT2D eigenvalue weighted by atomic mass is 9.49. The van der Waals surface area contributed by atoms with Crippen molar-refractivity contribution in [1.82, 2.24) is 4.90 Å². The molecule has 0 atom stereocenters. The number of nitrogens with zero attached hydrogens (tertiary/aromatic N) is 2. The quantitative estimate of drug-likeness (QED) is 0.758. The third kappa shape index (κ3) is 2.21. The molecule has 5 aliphatic rings. The van der Waals surface area contributed by atoms with Gasteiger partial charge in [-0.3, -0.25) is 0 Å². The highest BCUT2D eigenvalue weighted by Crippen LogP contribution is 2.60. The second-order valence-electron chi connectivity index (χ2n) is 8.10. The molecule has 5 fully saturated rings. The molecule has 0 amide bonds. The predicted molar refractivity (Wildman–Crippen MR) is 75.4 cm³/mol. The molecule has 4 aliphatic carbocycles. The second-order valence-corrected chi connectivity index (χ2v) is 8.10. The first-order chi connectivity index (χ1) is 9.25. The zero-order chi connectivity index (χ0) is 12.9. The molecule has 0 aromatic rings. The van der Waals surface area contributed by atoms with Gasteiger partial charge in [0, 0.05) is 12.5 Å². The van der Waals surface area contributed by atoms with Crippen LogP contribution in [0, 0.1) is 40.4 Å². The minimum atomic E-state index is 0.340. The van der Waals surface area contributed by atoms with Crippen LogP contribution in [0.2, 0.25) is 0 Å². The number of likely N-dealkylation sites (tertiary alicyclic amines) is 1. The Balaban J connectivity index is 1.41. The fourth-order valence-electron chi connectivity index (χ4n) is 6.18. The lowest BCUT2D eigenvalue weighted by molar-refractivity contribution is -0.0717. The topological polar surface area (TPSA) is 27.0 Å². The van der Waals surface area contributed by atoms with Gasteiger partial charge in [-0.2, -0.15) is 5.26 Å². The Bertz CT molecular complexity index is 351. The Morgan fingerprint density at radius 1 is 0.947 bits per heavy atom. The van der Waals surface area contributed by atoms with Crippen molar-refractivity contribution in [3.8, 4) is 6.07 Å². The molecular formula is C17H26N2. The van der Waals surface area contributed by atoms with E-state index in [0.29, 0.717) is 11.3 Å². The summed E-state index contributed by atoms with van der Waals surface area (Å²) in [6.07, 6.45) is 11.5. The van der Waals surface area contributed by atoms with Crippen LogP contribution in [0.4, 0.5) is 0 Å². The maximum Gasteiger partial charge on any atom is 0.0656 e. The van der Waals surface area contributed by atoms with E-state index in [1.54, 1.807) is 19.3 Å². The van der Waals surface area contributed by atoms with Gasteiger partial charge in [-0.1, -0.05) is 0 Å². The molecule has 5 rings (SSSR count). The van der Waals surface area contributed by atoms with Crippen molar-refractivity contribution < 1.29 is 0 Å². The average Bonchev–Trinajstić information content (AvgIpc) is 2.37. The van der Waals surface area contributed by atoms with Crippen molar-refractivity contribution in [1.29, 1.82) is 5.26 Å². The fraction of sp³-hybridized carbons (Fsp3) is 0.941. The Morgan fingerprint density at radius 2 is 1.47 bits per heavy atom. The van der Waals surface area contributed by atoms with Crippen LogP contribution < -0.4 is 0 Å². The molecular weight excluding hydrogens is 232 g/mol. The second kappa shape index (κ2) is 4.48. The largest absolute Gasteiger partial charge is 0.303 e. The van der Waals surface area contributed by atoms with E-state index in [-0.39, 0.29) is 0 Å². The van der Waals surface area contributed by atoms with Crippen molar-refractivity contribution in [3.05, 3.63) is 0 Å². The third-order valence-corrected chi connectivity index (χ3v) is 6.49. The molecule has 2 nitrogen and oxygen atoms in total. The molecule has 1 heterocycles. The normalized spacial score (nSPS) is 46.4. The summed E-state index contributed by atoms with van der Waals surface area (Å²) in [5.41, 5.74) is 0.689. The van der Waals surface area contributed by atoms with Gasteiger partial charge in [0.15, 0.2) is 0 Å². The SMILES string of the molecule is N#CC1CCN(CC23CC4CC(CC(C4)C2)C3)CC1. The Hall–Kier alpha value is -0.550. The van der Waals surface area contributed by atoms with Crippen LogP contribution in [0.25, 0.3) is 0 Å². The number of rotatable bonds is 2. The van der Waals surface area contributed by atoms with E-state index >= 15 is 0 Å². The summed E-state index contributed by atoms with van der Waals surface area (Å²) in [5.74, 6) is 3.56. The Labute approximate surface area is 117 Å². The first-order valence-electron chi connectivity index (χ1n) is 8.37. The van der Waals surface area contributed by atoms with E-state index in [2.05, 4.69) is 11.0 Å². The molecule has 19 heavy (non-hydrogen) atoms. The highest BCUT2D eigenvalue weighted by molar-refractivity contribution is 5.03. The fourth-order valence-corrected chi connectivity index (χ4v) is 6.18. The molecule has 104 valence electrons. The maximum atomic E-state index is 9.01. The summed E-state index contributed by atoms with van der Waals surface area (Å²) in [5, 5.41) is 9.01. The molecule has 0 unspecified atom stereocenters. The summed E-state index contributed by atoms with van der Waals surface area (Å²) in [6, 6.07) is 2.46. The number of piperidine rings is 1. The molecule has 0 aromatic carbocycles. The summed E-state index contributed by atoms with van der Waals surface area (Å²) in [7, 11) is 0. The first kappa shape index (κ1) is 12.2. The van der Waals surface area contributed by atoms with Gasteiger partial charge in [0.25, 0.3) is 0 Å². The zero-order valence-corrected chi connectivity index (χ0v) is 12.0. The number of hydrogen-bond acceptors (Lipinski definition) is 2. The van der Waals surface area contributed by atoms with E-state index in [1.807, 2.05) is 0 Å². The third-order valence-electron chi connectivity index (χ3n) is 6.49. The molecule has 0 spiro atoms. The monoisotopic (exact) mass is 258 g/mol. The molecule has 0 radical (unpaired) electrons. The smallest absolute Gasteiger partial charge is 0.0656 e. The van der Waals surface area contributed by atoms with Crippen molar-refractivity contribution in [2.24, 2.45) is 29.1 Å². The van der Waals surface area contributed by atoms with Crippen molar-refractivity contribution in [2.45, 2.75) is 51.4 Å². The van der Waals surface area contributed by atoms with Gasteiger partial charge in [-0.15, -0.1) is 0 Å². The van der Waals surface area contributed by atoms with Crippen molar-refractivity contribution in [2.75, 3.05) is 19.6 Å². The van der Waals surface area contributed by atoms with E-state index in [4.69, 9.17) is 5.26 Å². The van der Waals surface area contributed by atoms with Gasteiger partial charge in [0.05, 0.1) is 6.07 Å². The molecule has 2 heteroatoms. The Morgan fingerprint density at radius 3 is 1.95 bits per heavy atom. The Kier molecular flexibility index (Phi) is 2.88. The number of nitriles is 1. The van der Waals surface area contributed by atoms with Gasteiger partial charge < -0.3 is 4.90 Å². The molecule has 1 aliphatic heterocycles. The number of hydrogen-bond donors (Lipinski definition) is 0. The van der Waals surface area contributed by atoms with E-state index in [9.17, 15) is 0 Å². The van der Waals surface area contributed by atoms with E-state index in [0.717, 1.165) is 30.6 Å². The summed E-state index contributed by atoms with van der Waals surface area (Å²) in [4.78, 5) is 2.70. The van der Waals surface area contributed by atoms with Crippen LogP contribution >= 0.6 is 0 Å². The van der Waals surface area contributed by atoms with Gasteiger partial charge in [0.1, 0.15) is 0 Å². The molecule has 0 aromatic heterocycles. The summed E-state index contributed by atoms with van der Waals surface area (Å²) < 4.78 is 0. The first-order valence-corrected chi connectivity index (χ1v) is 8.37. The van der Waals surface area contributed by atoms with Crippen LogP contribution in [0.5, 0.6) is 0 Å². The van der Waals surface area contributed by atoms with Crippen LogP contribution in [-0.4, -0.2) is 24.5 Å². The molecule has 1 saturated heterocycles. The van der Waals surface area contributed by atoms with E-state index in [1.165, 1.54) is 38.9 Å². The highest BCUT2D eigenvalue weighted by atomic mass is 15.1. The van der Waals surface area contributed by atoms with Crippen LogP contribution in [0.3, 0.4) is 0 Å². The van der Waals surface area contributed by atoms with Gasteiger partial charge >= 0.3 is 0 Å². The lowest BCUT2D eigenvalue weighted by Gasteiger charge is -2.58. The lowest BCUT2D eigenvalue weighted by Crippen LogP contribution is -2.52. The summed E-state index contributed by atoms with van der Waals surface area (Å²) in [6.45, 7) is 3.72. The van der Waals surface area contributed by atoms with Crippen LogP contribution in [-0.2, 0) is 0 Å². The maximum absolute atomic E-state index is 9.01. The highest BCUT2D eigenvalue weighted by Gasteiger charge is 2.51. The van der Waals surface area contributed by atoms with Crippen molar-refractivity contribution >= 4 is 0 Å². The van der Waals surface area contributed by atoms with Crippen LogP contribution in [0.1, 0.15) is 51.4 Å². The van der Waals surface area contributed by atoms with Gasteiger partial charge in [-0.25, -0.2) is 0 Å². The zero-order valence-electron chi connectivity index (χ0n) is 12.0. The van der Waals surface area contributed by atoms with Crippen molar-refractivity contribution in [3.63, 3.8) is 0 Å². The van der Waals surface area contributed by atoms with Gasteiger partial charge in [0.2, 0.25) is 0 Å². The summed E-state index contributed by atoms with van der Waals surface area (Å²) >= 11 is 0. The van der Waals surface area contributed by atoms with Gasteiger partial charge in [-0.05, 0) is 87.6 Å². The minimum absolute atomic E-state index is 0.340. The van der Waals surface area contributed by atoms with E-state index < -0.39 is 0 Å². The predicted octanol–water partition coefficient (Wildman–Crippen LogP) is 3.44. The molecule has 0 N–H and O–H groups in total. The van der Waals surface area contributed by atoms with Crippen LogP contribution in [0.15, 0.2) is 0 Å².